The Bertz CT molecular complexity index is 1320. The van der Waals surface area contributed by atoms with Crippen molar-refractivity contribution in [1.29, 1.82) is 0 Å². The lowest BCUT2D eigenvalue weighted by Gasteiger charge is -2.07. The van der Waals surface area contributed by atoms with Gasteiger partial charge in [-0.15, -0.1) is 0 Å². The van der Waals surface area contributed by atoms with E-state index in [1.165, 1.54) is 25.0 Å². The second-order valence-corrected chi connectivity index (χ2v) is 6.31. The molecule has 0 fully saturated rings. The van der Waals surface area contributed by atoms with E-state index in [-0.39, 0.29) is 17.0 Å². The van der Waals surface area contributed by atoms with Crippen LogP contribution in [0, 0.1) is 0 Å². The van der Waals surface area contributed by atoms with Crippen molar-refractivity contribution in [1.82, 2.24) is 9.78 Å². The molecule has 0 spiro atoms. The fourth-order valence-electron chi connectivity index (χ4n) is 3.18. The number of hydrogen-bond donors (Lipinski definition) is 0. The number of aromatic nitrogens is 2. The molecule has 150 valence electrons. The largest absolute Gasteiger partial charge is 0.465 e. The number of esters is 2. The van der Waals surface area contributed by atoms with Gasteiger partial charge in [-0.05, 0) is 36.4 Å². The van der Waals surface area contributed by atoms with Gasteiger partial charge in [0.2, 0.25) is 0 Å². The lowest BCUT2D eigenvalue weighted by molar-refractivity contribution is 0.0549. The van der Waals surface area contributed by atoms with Gasteiger partial charge in [-0.2, -0.15) is 5.10 Å². The van der Waals surface area contributed by atoms with Crippen molar-refractivity contribution in [2.24, 2.45) is 0 Å². The number of hydrogen-bond acceptors (Lipinski definition) is 7. The summed E-state index contributed by atoms with van der Waals surface area (Å²) in [7, 11) is 2.45. The number of benzene rings is 2. The minimum absolute atomic E-state index is 0.0232. The Kier molecular flexibility index (Phi) is 4.89. The Morgan fingerprint density at radius 1 is 0.933 bits per heavy atom. The van der Waals surface area contributed by atoms with E-state index >= 15 is 0 Å². The Morgan fingerprint density at radius 3 is 2.37 bits per heavy atom. The minimum Gasteiger partial charge on any atom is -0.465 e. The quantitative estimate of drug-likeness (QED) is 0.380. The zero-order valence-corrected chi connectivity index (χ0v) is 16.1. The maximum absolute atomic E-state index is 12.7. The molecule has 0 unspecified atom stereocenters. The predicted octanol–water partition coefficient (Wildman–Crippen LogP) is 3.22. The van der Waals surface area contributed by atoms with Crippen LogP contribution >= 0.6 is 0 Å². The highest BCUT2D eigenvalue weighted by Gasteiger charge is 2.31. The Hall–Kier alpha value is -4.20. The summed E-state index contributed by atoms with van der Waals surface area (Å²) in [5, 5.41) is 5.17. The van der Waals surface area contributed by atoms with E-state index in [4.69, 9.17) is 13.9 Å². The number of fused-ring (bicyclic) bond motifs is 1. The van der Waals surface area contributed by atoms with Crippen LogP contribution in [0.25, 0.3) is 27.9 Å². The summed E-state index contributed by atoms with van der Waals surface area (Å²) in [6, 6.07) is 16.8. The van der Waals surface area contributed by atoms with Crippen LogP contribution in [0.15, 0.2) is 69.9 Å². The number of rotatable bonds is 4. The first-order valence-electron chi connectivity index (χ1n) is 8.93. The van der Waals surface area contributed by atoms with Crippen molar-refractivity contribution < 1.29 is 23.5 Å². The second-order valence-electron chi connectivity index (χ2n) is 6.31. The molecule has 30 heavy (non-hydrogen) atoms. The summed E-state index contributed by atoms with van der Waals surface area (Å²) in [6.45, 7) is 0. The molecule has 2 heterocycles. The van der Waals surface area contributed by atoms with Gasteiger partial charge in [0, 0.05) is 17.0 Å². The van der Waals surface area contributed by atoms with Gasteiger partial charge in [0.15, 0.2) is 5.69 Å². The molecule has 2 aromatic carbocycles. The molecule has 0 radical (unpaired) electrons. The standard InChI is InChI=1S/C22H16N2O6/c1-28-21(26)18-19(14-8-10-16-13(12-14)9-11-17(25)30-16)23-24(20(18)22(27)29-2)15-6-4-3-5-7-15/h3-12H,1-2H3. The first-order valence-corrected chi connectivity index (χ1v) is 8.93. The first-order chi connectivity index (χ1) is 14.5. The van der Waals surface area contributed by atoms with E-state index in [0.29, 0.717) is 22.2 Å². The Morgan fingerprint density at radius 2 is 1.67 bits per heavy atom. The molecule has 0 aliphatic carbocycles. The van der Waals surface area contributed by atoms with E-state index in [2.05, 4.69) is 5.10 Å². The van der Waals surface area contributed by atoms with Gasteiger partial charge < -0.3 is 13.9 Å². The average Bonchev–Trinajstić information content (AvgIpc) is 3.19. The second kappa shape index (κ2) is 7.67. The molecule has 0 aliphatic heterocycles. The van der Waals surface area contributed by atoms with Crippen LogP contribution in [0.4, 0.5) is 0 Å². The third-order valence-electron chi connectivity index (χ3n) is 4.55. The van der Waals surface area contributed by atoms with Gasteiger partial charge in [0.05, 0.1) is 19.9 Å². The molecule has 0 saturated heterocycles. The lowest BCUT2D eigenvalue weighted by atomic mass is 10.0. The van der Waals surface area contributed by atoms with Crippen LogP contribution in [0.3, 0.4) is 0 Å². The van der Waals surface area contributed by atoms with Crippen LogP contribution in [0.5, 0.6) is 0 Å². The number of methoxy groups -OCH3 is 2. The number of carbonyl (C=O) groups is 2. The van der Waals surface area contributed by atoms with Crippen molar-refractivity contribution in [3.8, 4) is 16.9 Å². The highest BCUT2D eigenvalue weighted by atomic mass is 16.5. The third kappa shape index (κ3) is 3.24. The Labute approximate surface area is 170 Å². The zero-order chi connectivity index (χ0) is 21.3. The molecule has 0 bridgehead atoms. The summed E-state index contributed by atoms with van der Waals surface area (Å²) in [5.74, 6) is -1.46. The van der Waals surface area contributed by atoms with E-state index in [1.54, 1.807) is 48.5 Å². The maximum atomic E-state index is 12.7. The summed E-state index contributed by atoms with van der Waals surface area (Å²) < 4.78 is 16.3. The van der Waals surface area contributed by atoms with E-state index in [1.807, 2.05) is 6.07 Å². The van der Waals surface area contributed by atoms with Crippen LogP contribution in [-0.4, -0.2) is 35.9 Å². The van der Waals surface area contributed by atoms with E-state index in [0.717, 1.165) is 0 Å². The van der Waals surface area contributed by atoms with Crippen molar-refractivity contribution in [2.45, 2.75) is 0 Å². The number of ether oxygens (including phenoxy) is 2. The highest BCUT2D eigenvalue weighted by molar-refractivity contribution is 6.07. The van der Waals surface area contributed by atoms with Crippen LogP contribution in [0.1, 0.15) is 20.8 Å². The van der Waals surface area contributed by atoms with Gasteiger partial charge in [-0.3, -0.25) is 0 Å². The Balaban J connectivity index is 2.03. The molecule has 0 aliphatic rings. The molecular formula is C22H16N2O6. The van der Waals surface area contributed by atoms with Crippen molar-refractivity contribution in [2.75, 3.05) is 14.2 Å². The molecule has 0 atom stereocenters. The fourth-order valence-corrected chi connectivity index (χ4v) is 3.18. The van der Waals surface area contributed by atoms with E-state index in [9.17, 15) is 14.4 Å². The minimum atomic E-state index is -0.732. The van der Waals surface area contributed by atoms with Crippen LogP contribution < -0.4 is 5.63 Å². The van der Waals surface area contributed by atoms with Crippen molar-refractivity contribution in [3.63, 3.8) is 0 Å². The lowest BCUT2D eigenvalue weighted by Crippen LogP contribution is -2.15. The molecule has 4 rings (SSSR count). The van der Waals surface area contributed by atoms with Crippen LogP contribution in [0.2, 0.25) is 0 Å². The molecule has 0 amide bonds. The summed E-state index contributed by atoms with van der Waals surface area (Å²) in [6.07, 6.45) is 0. The van der Waals surface area contributed by atoms with Crippen molar-refractivity contribution in [3.05, 3.63) is 82.3 Å². The summed E-state index contributed by atoms with van der Waals surface area (Å²) >= 11 is 0. The van der Waals surface area contributed by atoms with Gasteiger partial charge in [-0.1, -0.05) is 18.2 Å². The van der Waals surface area contributed by atoms with Crippen LogP contribution in [-0.2, 0) is 9.47 Å². The average molecular weight is 404 g/mol. The summed E-state index contributed by atoms with van der Waals surface area (Å²) in [4.78, 5) is 36.7. The molecule has 2 aromatic heterocycles. The van der Waals surface area contributed by atoms with Gasteiger partial charge in [0.1, 0.15) is 16.8 Å². The SMILES string of the molecule is COC(=O)c1c(-c2ccc3oc(=O)ccc3c2)nn(-c2ccccc2)c1C(=O)OC. The third-order valence-corrected chi connectivity index (χ3v) is 4.55. The normalized spacial score (nSPS) is 10.7. The molecule has 8 nitrogen and oxygen atoms in total. The van der Waals surface area contributed by atoms with Gasteiger partial charge in [-0.25, -0.2) is 19.1 Å². The molecule has 8 heteroatoms. The molecule has 4 aromatic rings. The smallest absolute Gasteiger partial charge is 0.357 e. The maximum Gasteiger partial charge on any atom is 0.357 e. The predicted molar refractivity (Wildman–Crippen MR) is 108 cm³/mol. The molecule has 0 N–H and O–H groups in total. The van der Waals surface area contributed by atoms with E-state index < -0.39 is 17.6 Å². The highest BCUT2D eigenvalue weighted by Crippen LogP contribution is 2.30. The molecular weight excluding hydrogens is 388 g/mol. The number of para-hydroxylation sites is 1. The number of nitrogens with zero attached hydrogens (tertiary/aromatic N) is 2. The topological polar surface area (TPSA) is 101 Å². The first kappa shape index (κ1) is 19.1. The van der Waals surface area contributed by atoms with Gasteiger partial charge >= 0.3 is 17.6 Å². The summed E-state index contributed by atoms with van der Waals surface area (Å²) in [5.41, 5.74) is 1.19. The van der Waals surface area contributed by atoms with Gasteiger partial charge in [0.25, 0.3) is 0 Å². The number of carbonyl (C=O) groups excluding carboxylic acids is 2. The molecule has 0 saturated carbocycles. The monoisotopic (exact) mass is 404 g/mol. The fraction of sp³-hybridized carbons (Fsp3) is 0.0909. The van der Waals surface area contributed by atoms with Crippen molar-refractivity contribution >= 4 is 22.9 Å². The zero-order valence-electron chi connectivity index (χ0n) is 16.1.